The van der Waals surface area contributed by atoms with Gasteiger partial charge in [0.05, 0.1) is 0 Å². The Kier molecular flexibility index (Phi) is 58.0. The first-order valence-electron chi connectivity index (χ1n) is 30.3. The van der Waals surface area contributed by atoms with Gasteiger partial charge in [-0.2, -0.15) is 0 Å². The highest BCUT2D eigenvalue weighted by molar-refractivity contribution is 5.71. The minimum atomic E-state index is -0.855. The fraction of sp³-hybridized carbons (Fsp3) is 0.609. The van der Waals surface area contributed by atoms with Gasteiger partial charge in [-0.25, -0.2) is 0 Å². The standard InChI is InChI=1S/C69H110O6/c1-4-7-10-13-16-19-22-25-28-31-34-37-40-43-46-49-52-55-58-61-67(70)73-64-66(75-69(72)63-60-57-54-51-48-45-42-39-36-33-30-27-24-21-18-15-12-9-6-3)65-74-68(71)62-59-56-53-50-47-44-41-38-35-32-29-26-23-20-17-14-11-8-5-2/h7,9-10,12,16,18-19,21,25,27-28,30,34,36-37,39,43,45-46,48,52,54-55,57,66H,4-6,8,11,13-15,17,20,22-24,26,29,31-33,35,38,40-42,44,47,49-51,53,56,58-65H2,1-3H3/b10-7-,12-9-,19-16-,21-18-,28-25-,30-27-,37-34-,39-36-,46-43-,48-45-,55-52-,57-54-. The summed E-state index contributed by atoms with van der Waals surface area (Å²) in [6.07, 6.45) is 88.7. The van der Waals surface area contributed by atoms with Crippen molar-refractivity contribution in [3.05, 3.63) is 146 Å². The number of hydrogen-bond acceptors (Lipinski definition) is 6. The predicted molar refractivity (Wildman–Crippen MR) is 325 cm³/mol. The van der Waals surface area contributed by atoms with Crippen LogP contribution in [0.5, 0.6) is 0 Å². The summed E-state index contributed by atoms with van der Waals surface area (Å²) >= 11 is 0. The first-order valence-corrected chi connectivity index (χ1v) is 30.3. The average molecular weight is 1040 g/mol. The van der Waals surface area contributed by atoms with Crippen LogP contribution in [-0.2, 0) is 28.6 Å². The van der Waals surface area contributed by atoms with E-state index in [1.165, 1.54) is 103 Å². The van der Waals surface area contributed by atoms with E-state index >= 15 is 0 Å². The Labute approximate surface area is 461 Å². The van der Waals surface area contributed by atoms with E-state index in [-0.39, 0.29) is 38.0 Å². The lowest BCUT2D eigenvalue weighted by Gasteiger charge is -2.18. The molecule has 0 fully saturated rings. The molecule has 422 valence electrons. The first-order chi connectivity index (χ1) is 37.0. The Bertz CT molecular complexity index is 1660. The molecule has 0 amide bonds. The number of allylic oxidation sites excluding steroid dienone is 24. The number of carbonyl (C=O) groups is 3. The van der Waals surface area contributed by atoms with Crippen LogP contribution < -0.4 is 0 Å². The van der Waals surface area contributed by atoms with Crippen molar-refractivity contribution in [3.63, 3.8) is 0 Å². The molecule has 6 nitrogen and oxygen atoms in total. The van der Waals surface area contributed by atoms with E-state index in [0.717, 1.165) is 96.3 Å². The largest absolute Gasteiger partial charge is 0.462 e. The predicted octanol–water partition coefficient (Wildman–Crippen LogP) is 20.8. The molecule has 0 N–H and O–H groups in total. The van der Waals surface area contributed by atoms with Gasteiger partial charge in [0, 0.05) is 19.3 Å². The van der Waals surface area contributed by atoms with E-state index in [0.29, 0.717) is 19.3 Å². The maximum atomic E-state index is 12.9. The zero-order chi connectivity index (χ0) is 54.3. The number of carbonyl (C=O) groups excluding carboxylic acids is 3. The van der Waals surface area contributed by atoms with Crippen LogP contribution in [0, 0.1) is 0 Å². The summed E-state index contributed by atoms with van der Waals surface area (Å²) in [7, 11) is 0. The smallest absolute Gasteiger partial charge is 0.306 e. The summed E-state index contributed by atoms with van der Waals surface area (Å²) in [6.45, 7) is 6.29. The molecule has 0 saturated heterocycles. The summed E-state index contributed by atoms with van der Waals surface area (Å²) in [5, 5.41) is 0. The van der Waals surface area contributed by atoms with Crippen LogP contribution in [0.2, 0.25) is 0 Å². The van der Waals surface area contributed by atoms with Gasteiger partial charge in [-0.05, 0) is 96.3 Å². The third-order valence-corrected chi connectivity index (χ3v) is 12.4. The zero-order valence-electron chi connectivity index (χ0n) is 48.3. The van der Waals surface area contributed by atoms with E-state index in [1.54, 1.807) is 0 Å². The molecule has 0 aliphatic heterocycles. The van der Waals surface area contributed by atoms with Crippen molar-refractivity contribution in [2.75, 3.05) is 13.2 Å². The second-order valence-corrected chi connectivity index (χ2v) is 19.5. The van der Waals surface area contributed by atoms with Crippen LogP contribution in [0.3, 0.4) is 0 Å². The molecule has 0 spiro atoms. The molecule has 0 aliphatic rings. The Morgan fingerprint density at radius 3 is 0.813 bits per heavy atom. The lowest BCUT2D eigenvalue weighted by molar-refractivity contribution is -0.166. The van der Waals surface area contributed by atoms with E-state index < -0.39 is 12.1 Å². The number of rotatable bonds is 53. The third kappa shape index (κ3) is 60.0. The summed E-state index contributed by atoms with van der Waals surface area (Å²) in [6, 6.07) is 0. The zero-order valence-corrected chi connectivity index (χ0v) is 48.3. The topological polar surface area (TPSA) is 78.9 Å². The van der Waals surface area contributed by atoms with Crippen LogP contribution in [-0.4, -0.2) is 37.2 Å². The van der Waals surface area contributed by atoms with Crippen molar-refractivity contribution in [3.8, 4) is 0 Å². The quantitative estimate of drug-likeness (QED) is 0.0261. The van der Waals surface area contributed by atoms with Crippen LogP contribution in [0.25, 0.3) is 0 Å². The molecule has 0 rings (SSSR count). The molecule has 75 heavy (non-hydrogen) atoms. The molecular formula is C69H110O6. The molecule has 6 heteroatoms. The number of hydrogen-bond donors (Lipinski definition) is 0. The van der Waals surface area contributed by atoms with Gasteiger partial charge in [0.2, 0.25) is 0 Å². The lowest BCUT2D eigenvalue weighted by atomic mass is 10.0. The van der Waals surface area contributed by atoms with Gasteiger partial charge < -0.3 is 14.2 Å². The van der Waals surface area contributed by atoms with Gasteiger partial charge in [0.15, 0.2) is 6.10 Å². The van der Waals surface area contributed by atoms with Crippen LogP contribution in [0.15, 0.2) is 146 Å². The Hall–Kier alpha value is -4.71. The average Bonchev–Trinajstić information content (AvgIpc) is 3.41. The molecule has 0 aromatic rings. The van der Waals surface area contributed by atoms with Crippen molar-refractivity contribution >= 4 is 17.9 Å². The summed E-state index contributed by atoms with van der Waals surface area (Å²) in [5.74, 6) is -1.11. The second-order valence-electron chi connectivity index (χ2n) is 19.5. The maximum absolute atomic E-state index is 12.9. The minimum absolute atomic E-state index is 0.135. The van der Waals surface area contributed by atoms with E-state index in [9.17, 15) is 14.4 Å². The van der Waals surface area contributed by atoms with Gasteiger partial charge in [-0.3, -0.25) is 14.4 Å². The van der Waals surface area contributed by atoms with Crippen LogP contribution in [0.4, 0.5) is 0 Å². The van der Waals surface area contributed by atoms with E-state index in [2.05, 4.69) is 142 Å². The molecule has 0 saturated carbocycles. The normalized spacial score (nSPS) is 13.2. The molecule has 1 atom stereocenters. The number of ether oxygens (including phenoxy) is 3. The Balaban J connectivity index is 4.60. The Morgan fingerprint density at radius 1 is 0.280 bits per heavy atom. The minimum Gasteiger partial charge on any atom is -0.462 e. The number of unbranched alkanes of at least 4 members (excludes halogenated alkanes) is 18. The monoisotopic (exact) mass is 1030 g/mol. The Morgan fingerprint density at radius 2 is 0.520 bits per heavy atom. The summed E-state index contributed by atoms with van der Waals surface area (Å²) in [5.41, 5.74) is 0. The summed E-state index contributed by atoms with van der Waals surface area (Å²) < 4.78 is 16.8. The summed E-state index contributed by atoms with van der Waals surface area (Å²) in [4.78, 5) is 38.2. The highest BCUT2D eigenvalue weighted by atomic mass is 16.6. The molecule has 0 aromatic heterocycles. The van der Waals surface area contributed by atoms with Gasteiger partial charge in [0.25, 0.3) is 0 Å². The van der Waals surface area contributed by atoms with Gasteiger partial charge in [0.1, 0.15) is 13.2 Å². The molecule has 0 heterocycles. The van der Waals surface area contributed by atoms with E-state index in [1.807, 2.05) is 24.3 Å². The first kappa shape index (κ1) is 70.3. The van der Waals surface area contributed by atoms with Gasteiger partial charge >= 0.3 is 17.9 Å². The molecule has 0 aliphatic carbocycles. The van der Waals surface area contributed by atoms with Crippen molar-refractivity contribution < 1.29 is 28.6 Å². The maximum Gasteiger partial charge on any atom is 0.306 e. The number of esters is 3. The molecule has 0 bridgehead atoms. The molecule has 0 aromatic carbocycles. The van der Waals surface area contributed by atoms with Crippen LogP contribution >= 0.6 is 0 Å². The highest BCUT2D eigenvalue weighted by Gasteiger charge is 2.19. The second kappa shape index (κ2) is 61.8. The third-order valence-electron chi connectivity index (χ3n) is 12.4. The fourth-order valence-corrected chi connectivity index (χ4v) is 7.91. The van der Waals surface area contributed by atoms with Crippen molar-refractivity contribution in [2.24, 2.45) is 0 Å². The van der Waals surface area contributed by atoms with Crippen molar-refractivity contribution in [2.45, 2.75) is 258 Å². The SMILES string of the molecule is CC/C=C\C/C=C\C/C=C\C/C=C\C/C=C\C/C=C\CCC(=O)OCC(COC(=O)CCCCCCCCCCCCCCCCCCCCC)OC(=O)CC/C=C\C/C=C\C/C=C\C/C=C\C/C=C\C/C=C\CC. The van der Waals surface area contributed by atoms with Crippen molar-refractivity contribution in [1.29, 1.82) is 0 Å². The molecule has 1 unspecified atom stereocenters. The van der Waals surface area contributed by atoms with Crippen LogP contribution in [0.1, 0.15) is 252 Å². The molecular weight excluding hydrogens is 925 g/mol. The lowest BCUT2D eigenvalue weighted by Crippen LogP contribution is -2.30. The van der Waals surface area contributed by atoms with Gasteiger partial charge in [-0.1, -0.05) is 282 Å². The fourth-order valence-electron chi connectivity index (χ4n) is 7.91. The van der Waals surface area contributed by atoms with Crippen molar-refractivity contribution in [1.82, 2.24) is 0 Å². The highest BCUT2D eigenvalue weighted by Crippen LogP contribution is 2.15. The molecule has 0 radical (unpaired) electrons. The van der Waals surface area contributed by atoms with E-state index in [4.69, 9.17) is 14.2 Å². The van der Waals surface area contributed by atoms with Gasteiger partial charge in [-0.15, -0.1) is 0 Å².